The van der Waals surface area contributed by atoms with E-state index in [1.165, 1.54) is 0 Å². The number of anilines is 1. The number of rotatable bonds is 6. The van der Waals surface area contributed by atoms with E-state index in [2.05, 4.69) is 15.5 Å². The monoisotopic (exact) mass is 354 g/mol. The van der Waals surface area contributed by atoms with Gasteiger partial charge >= 0.3 is 0 Å². The third-order valence-corrected chi connectivity index (χ3v) is 4.88. The van der Waals surface area contributed by atoms with E-state index in [0.717, 1.165) is 37.2 Å². The summed E-state index contributed by atoms with van der Waals surface area (Å²) in [4.78, 5) is 30.9. The van der Waals surface area contributed by atoms with E-state index in [0.29, 0.717) is 18.4 Å². The lowest BCUT2D eigenvalue weighted by Crippen LogP contribution is -2.31. The Bertz CT molecular complexity index is 785. The summed E-state index contributed by atoms with van der Waals surface area (Å²) in [5.74, 6) is 1.53. The molecule has 0 radical (unpaired) electrons. The van der Waals surface area contributed by atoms with E-state index in [-0.39, 0.29) is 30.7 Å². The number of hydrogen-bond acceptors (Lipinski definition) is 5. The zero-order valence-electron chi connectivity index (χ0n) is 14.6. The molecule has 2 heterocycles. The standard InChI is InChI=1S/C19H22N4O3/c24-16(20-14-5-2-1-3-6-14)10-11-17(25)23-12-4-7-15(23)19-21-18(22-26-19)13-8-9-13/h1-3,5-6,13,15H,4,7-12H2,(H,20,24)/t15-/m0/s1. The van der Waals surface area contributed by atoms with Crippen LogP contribution in [0.2, 0.25) is 0 Å². The van der Waals surface area contributed by atoms with Crippen LogP contribution in [-0.4, -0.2) is 33.4 Å². The van der Waals surface area contributed by atoms with E-state index in [4.69, 9.17) is 4.52 Å². The van der Waals surface area contributed by atoms with Crippen LogP contribution in [0.1, 0.15) is 62.2 Å². The smallest absolute Gasteiger partial charge is 0.249 e. The fourth-order valence-electron chi connectivity index (χ4n) is 3.32. The second-order valence-electron chi connectivity index (χ2n) is 6.92. The quantitative estimate of drug-likeness (QED) is 0.861. The molecule has 1 atom stereocenters. The predicted octanol–water partition coefficient (Wildman–Crippen LogP) is 3.03. The molecule has 1 aromatic carbocycles. The number of nitrogens with zero attached hydrogens (tertiary/aromatic N) is 3. The number of para-hydroxylation sites is 1. The first-order valence-electron chi connectivity index (χ1n) is 9.18. The molecule has 7 heteroatoms. The number of benzene rings is 1. The molecule has 1 N–H and O–H groups in total. The SMILES string of the molecule is O=C(CCC(=O)N1CCC[C@H]1c1nc(C2CC2)no1)Nc1ccccc1. The maximum absolute atomic E-state index is 12.6. The number of nitrogens with one attached hydrogen (secondary N) is 1. The first kappa shape index (κ1) is 16.8. The van der Waals surface area contributed by atoms with E-state index in [1.807, 2.05) is 30.3 Å². The summed E-state index contributed by atoms with van der Waals surface area (Å²) >= 11 is 0. The van der Waals surface area contributed by atoms with Crippen LogP contribution < -0.4 is 5.32 Å². The van der Waals surface area contributed by atoms with Gasteiger partial charge in [0.1, 0.15) is 6.04 Å². The van der Waals surface area contributed by atoms with Crippen molar-refractivity contribution in [2.75, 3.05) is 11.9 Å². The van der Waals surface area contributed by atoms with Gasteiger partial charge in [0.05, 0.1) is 0 Å². The van der Waals surface area contributed by atoms with Gasteiger partial charge in [0, 0.05) is 31.0 Å². The molecular weight excluding hydrogens is 332 g/mol. The number of carbonyl (C=O) groups is 2. The number of likely N-dealkylation sites (tertiary alicyclic amines) is 1. The van der Waals surface area contributed by atoms with Gasteiger partial charge in [-0.2, -0.15) is 4.98 Å². The van der Waals surface area contributed by atoms with Crippen molar-refractivity contribution < 1.29 is 14.1 Å². The lowest BCUT2D eigenvalue weighted by molar-refractivity contribution is -0.134. The van der Waals surface area contributed by atoms with E-state index >= 15 is 0 Å². The Morgan fingerprint density at radius 1 is 1.15 bits per heavy atom. The summed E-state index contributed by atoms with van der Waals surface area (Å²) in [6.07, 6.45) is 4.31. The Balaban J connectivity index is 1.32. The molecule has 7 nitrogen and oxygen atoms in total. The second kappa shape index (κ2) is 7.27. The average molecular weight is 354 g/mol. The van der Waals surface area contributed by atoms with Gasteiger partial charge in [-0.15, -0.1) is 0 Å². The molecule has 1 aliphatic carbocycles. The second-order valence-corrected chi connectivity index (χ2v) is 6.92. The molecule has 1 saturated heterocycles. The van der Waals surface area contributed by atoms with Gasteiger partial charge in [0.15, 0.2) is 5.82 Å². The molecule has 2 aromatic rings. The molecular formula is C19H22N4O3. The maximum atomic E-state index is 12.6. The highest BCUT2D eigenvalue weighted by Crippen LogP contribution is 2.39. The van der Waals surface area contributed by atoms with Crippen molar-refractivity contribution in [3.8, 4) is 0 Å². The molecule has 4 rings (SSSR count). The maximum Gasteiger partial charge on any atom is 0.249 e. The number of amides is 2. The molecule has 2 amide bonds. The zero-order valence-corrected chi connectivity index (χ0v) is 14.6. The van der Waals surface area contributed by atoms with Crippen LogP contribution in [0.5, 0.6) is 0 Å². The van der Waals surface area contributed by atoms with Gasteiger partial charge in [0.25, 0.3) is 0 Å². The molecule has 0 unspecified atom stereocenters. The number of hydrogen-bond donors (Lipinski definition) is 1. The summed E-state index contributed by atoms with van der Waals surface area (Å²) in [6, 6.07) is 9.09. The lowest BCUT2D eigenvalue weighted by atomic mass is 10.2. The first-order chi connectivity index (χ1) is 12.7. The molecule has 1 aromatic heterocycles. The van der Waals surface area contributed by atoms with E-state index < -0.39 is 0 Å². The Hall–Kier alpha value is -2.70. The van der Waals surface area contributed by atoms with Gasteiger partial charge < -0.3 is 14.7 Å². The van der Waals surface area contributed by atoms with Crippen molar-refractivity contribution in [3.63, 3.8) is 0 Å². The molecule has 2 aliphatic rings. The van der Waals surface area contributed by atoms with Crippen LogP contribution >= 0.6 is 0 Å². The van der Waals surface area contributed by atoms with Crippen molar-refractivity contribution >= 4 is 17.5 Å². The summed E-state index contributed by atoms with van der Waals surface area (Å²) < 4.78 is 5.40. The van der Waals surface area contributed by atoms with Gasteiger partial charge in [0.2, 0.25) is 17.7 Å². The normalized spacial score (nSPS) is 19.5. The molecule has 136 valence electrons. The fraction of sp³-hybridized carbons (Fsp3) is 0.474. The van der Waals surface area contributed by atoms with Crippen molar-refractivity contribution in [1.82, 2.24) is 15.0 Å². The molecule has 1 saturated carbocycles. The first-order valence-corrected chi connectivity index (χ1v) is 9.18. The van der Waals surface area contributed by atoms with Crippen molar-refractivity contribution in [2.24, 2.45) is 0 Å². The van der Waals surface area contributed by atoms with Crippen molar-refractivity contribution in [2.45, 2.75) is 50.5 Å². The van der Waals surface area contributed by atoms with Crippen molar-refractivity contribution in [1.29, 1.82) is 0 Å². The number of carbonyl (C=O) groups excluding carboxylic acids is 2. The van der Waals surface area contributed by atoms with Crippen LogP contribution in [0.25, 0.3) is 0 Å². The molecule has 26 heavy (non-hydrogen) atoms. The fourth-order valence-corrected chi connectivity index (χ4v) is 3.32. The molecule has 2 fully saturated rings. The van der Waals surface area contributed by atoms with Crippen LogP contribution in [0.3, 0.4) is 0 Å². The molecule has 0 bridgehead atoms. The highest BCUT2D eigenvalue weighted by molar-refractivity contribution is 5.93. The summed E-state index contributed by atoms with van der Waals surface area (Å²) in [5.41, 5.74) is 0.738. The third-order valence-electron chi connectivity index (χ3n) is 4.88. The Labute approximate surface area is 151 Å². The van der Waals surface area contributed by atoms with E-state index in [9.17, 15) is 9.59 Å². The molecule has 0 spiro atoms. The van der Waals surface area contributed by atoms with Gasteiger partial charge in [-0.3, -0.25) is 9.59 Å². The largest absolute Gasteiger partial charge is 0.337 e. The Morgan fingerprint density at radius 3 is 2.73 bits per heavy atom. The minimum Gasteiger partial charge on any atom is -0.337 e. The van der Waals surface area contributed by atoms with Gasteiger partial charge in [-0.25, -0.2) is 0 Å². The highest BCUT2D eigenvalue weighted by atomic mass is 16.5. The minimum atomic E-state index is -0.158. The zero-order chi connectivity index (χ0) is 17.9. The van der Waals surface area contributed by atoms with Gasteiger partial charge in [-0.05, 0) is 37.8 Å². The topological polar surface area (TPSA) is 88.3 Å². The van der Waals surface area contributed by atoms with E-state index in [1.54, 1.807) is 4.90 Å². The van der Waals surface area contributed by atoms with Crippen molar-refractivity contribution in [3.05, 3.63) is 42.0 Å². The predicted molar refractivity (Wildman–Crippen MR) is 94.3 cm³/mol. The lowest BCUT2D eigenvalue weighted by Gasteiger charge is -2.21. The highest BCUT2D eigenvalue weighted by Gasteiger charge is 2.36. The summed E-state index contributed by atoms with van der Waals surface area (Å²) in [6.45, 7) is 0.672. The minimum absolute atomic E-state index is 0.0399. The van der Waals surface area contributed by atoms with Crippen LogP contribution in [0.15, 0.2) is 34.9 Å². The van der Waals surface area contributed by atoms with Crippen LogP contribution in [0.4, 0.5) is 5.69 Å². The average Bonchev–Trinajstić information content (AvgIpc) is 3.19. The summed E-state index contributed by atoms with van der Waals surface area (Å²) in [5, 5.41) is 6.85. The van der Waals surface area contributed by atoms with Gasteiger partial charge in [-0.1, -0.05) is 23.4 Å². The van der Waals surface area contributed by atoms with Crippen LogP contribution in [0, 0.1) is 0 Å². The summed E-state index contributed by atoms with van der Waals surface area (Å²) in [7, 11) is 0. The Kier molecular flexibility index (Phi) is 4.69. The number of aromatic nitrogens is 2. The third kappa shape index (κ3) is 3.76. The van der Waals surface area contributed by atoms with Crippen LogP contribution in [-0.2, 0) is 9.59 Å². The molecule has 1 aliphatic heterocycles. The Morgan fingerprint density at radius 2 is 1.96 bits per heavy atom.